The first-order valence-corrected chi connectivity index (χ1v) is 50.6. The molecule has 24 heteroatoms. The molecule has 12 rings (SSSR count). The van der Waals surface area contributed by atoms with Crippen molar-refractivity contribution < 1.29 is 87.1 Å². The van der Waals surface area contributed by atoms with Crippen LogP contribution in [0.4, 0.5) is 13.2 Å². The van der Waals surface area contributed by atoms with E-state index in [4.69, 9.17) is 0 Å². The fourth-order valence-electron chi connectivity index (χ4n) is 14.9. The molecule has 0 amide bonds. The Hall–Kier alpha value is -8.55. The molecule has 0 saturated heterocycles. The summed E-state index contributed by atoms with van der Waals surface area (Å²) in [5.74, 6) is 0. The van der Waals surface area contributed by atoms with Crippen LogP contribution in [0.3, 0.4) is 0 Å². The molecule has 12 N–H and O–H groups in total. The lowest BCUT2D eigenvalue weighted by atomic mass is 9.70. The van der Waals surface area contributed by atoms with Gasteiger partial charge in [-0.25, -0.2) is 12.6 Å². The summed E-state index contributed by atoms with van der Waals surface area (Å²) in [7, 11) is -2.16. The standard InChI is InChI=1S/C21H28O2.C18H19F3O2S.C18H22O4S.C18H22O3S.C18H22O2S2.C18H22O2S/c1-19(2,15-11-7-9-13-17(15)20(3,4)22)16-12-8-10-14-18(16)21(5,6)23;1-16(2,22)12-8-4-6-10-14(12)24-15-11-7-5-9-13(15)17(3,23)18(19,20)21;1-17(2,19)13-9-5-7-11-15(13)23(21,22)16-12-8-6-10-14(16)18(3,4)20;1-17(2,19)13-9-5-7-11-15(13)22(21)16-12-8-6-10-14(16)18(3,4)20;1-17(2,19)13-9-5-7-11-15(13)21-22-16-12-8-6-10-14(16)18(3,4)20;1-17(2,19)13-9-5-7-11-15(13)21-16-12-8-6-10-14(16)18(3,4)20/h7-14,22-23H,1-6H3;4-11,22-23H,1-3H3;5-12,19-20H,1-4H3;2*5-12,19-20H,1-4H3;5-12,19-20H,1-4H3. The molecule has 135 heavy (non-hydrogen) atoms. The average molecular weight is 1960 g/mol. The molecule has 0 spiro atoms. The molecule has 0 fully saturated rings. The van der Waals surface area contributed by atoms with Gasteiger partial charge in [0.2, 0.25) is 9.84 Å². The van der Waals surface area contributed by atoms with Crippen LogP contribution < -0.4 is 0 Å². The summed E-state index contributed by atoms with van der Waals surface area (Å²) in [5.41, 5.74) is -4.72. The molecular formula is C111H135F3O15S6. The molecule has 15 nitrogen and oxygen atoms in total. The first-order chi connectivity index (χ1) is 61.9. The predicted octanol–water partition coefficient (Wildman–Crippen LogP) is 24.8. The molecule has 726 valence electrons. The van der Waals surface area contributed by atoms with Gasteiger partial charge in [0.05, 0.1) is 82.2 Å². The average Bonchev–Trinajstić information content (AvgIpc) is 0.754. The largest absolute Gasteiger partial charge is 0.421 e. The maximum Gasteiger partial charge on any atom is 0.421 e. The van der Waals surface area contributed by atoms with Gasteiger partial charge in [0.25, 0.3) is 0 Å². The minimum absolute atomic E-state index is 0.0456. The van der Waals surface area contributed by atoms with Gasteiger partial charge in [-0.1, -0.05) is 289 Å². The lowest BCUT2D eigenvalue weighted by molar-refractivity contribution is -0.259. The summed E-state index contributed by atoms with van der Waals surface area (Å²) in [4.78, 5) is 6.21. The summed E-state index contributed by atoms with van der Waals surface area (Å²) in [6.45, 7) is 42.7. The van der Waals surface area contributed by atoms with Crippen LogP contribution >= 0.6 is 45.1 Å². The molecule has 0 radical (unpaired) electrons. The molecule has 12 aromatic rings. The molecule has 1 atom stereocenters. The van der Waals surface area contributed by atoms with E-state index in [1.165, 1.54) is 30.3 Å². The Bertz CT molecular complexity index is 5790. The van der Waals surface area contributed by atoms with Gasteiger partial charge in [0, 0.05) is 61.3 Å². The minimum Gasteiger partial charge on any atom is -0.386 e. The van der Waals surface area contributed by atoms with Crippen LogP contribution in [0.25, 0.3) is 0 Å². The van der Waals surface area contributed by atoms with Crippen molar-refractivity contribution in [2.75, 3.05) is 0 Å². The van der Waals surface area contributed by atoms with Gasteiger partial charge in [-0.3, -0.25) is 0 Å². The van der Waals surface area contributed by atoms with Crippen molar-refractivity contribution in [2.45, 2.75) is 301 Å². The lowest BCUT2D eigenvalue weighted by Crippen LogP contribution is -2.39. The minimum atomic E-state index is -4.79. The number of alkyl halides is 3. The Kier molecular flexibility index (Phi) is 37.6. The van der Waals surface area contributed by atoms with Crippen LogP contribution in [-0.4, -0.2) is 80.1 Å². The van der Waals surface area contributed by atoms with E-state index in [1.807, 2.05) is 173 Å². The fraction of sp³-hybridized carbons (Fsp3) is 0.351. The normalized spacial score (nSPS) is 13.2. The maximum absolute atomic E-state index is 13.2. The summed E-state index contributed by atoms with van der Waals surface area (Å²) >= 11 is 2.67. The van der Waals surface area contributed by atoms with Crippen LogP contribution in [0.1, 0.15) is 251 Å². The van der Waals surface area contributed by atoms with Gasteiger partial charge < -0.3 is 61.3 Å². The van der Waals surface area contributed by atoms with E-state index in [0.717, 1.165) is 82.8 Å². The van der Waals surface area contributed by atoms with Gasteiger partial charge in [-0.05, 0) is 281 Å². The summed E-state index contributed by atoms with van der Waals surface area (Å²) in [6.07, 6.45) is -4.79. The summed E-state index contributed by atoms with van der Waals surface area (Å²) in [5, 5.41) is 124. The number of rotatable bonds is 25. The smallest absolute Gasteiger partial charge is 0.386 e. The van der Waals surface area contributed by atoms with Crippen molar-refractivity contribution in [1.29, 1.82) is 0 Å². The van der Waals surface area contributed by atoms with Crippen LogP contribution in [0.2, 0.25) is 0 Å². The fourth-order valence-corrected chi connectivity index (χ4v) is 23.9. The summed E-state index contributed by atoms with van der Waals surface area (Å²) < 4.78 is 79.0. The number of sulfone groups is 1. The number of aliphatic hydroxyl groups is 12. The highest BCUT2D eigenvalue weighted by molar-refractivity contribution is 8.76. The SMILES string of the molecule is CC(C)(O)c1ccccc1C(C)(C)c1ccccc1C(C)(C)O.CC(C)(O)c1ccccc1S(=O)(=O)c1ccccc1C(C)(C)O.CC(C)(O)c1ccccc1S(=O)c1ccccc1C(C)(C)O.CC(C)(O)c1ccccc1SSc1ccccc1C(C)(C)O.CC(C)(O)c1ccccc1Sc1ccccc1C(C)(C)O.CC(C)(O)c1ccccc1Sc1ccccc1C(C)(O)C(F)(F)F. The van der Waals surface area contributed by atoms with Crippen molar-refractivity contribution in [3.8, 4) is 0 Å². The van der Waals surface area contributed by atoms with Crippen molar-refractivity contribution in [1.82, 2.24) is 0 Å². The number of hydrogen-bond donors (Lipinski definition) is 12. The van der Waals surface area contributed by atoms with E-state index in [2.05, 4.69) is 26.0 Å². The third-order valence-corrected chi connectivity index (χ3v) is 30.2. The first kappa shape index (κ1) is 113. The highest BCUT2D eigenvalue weighted by Crippen LogP contribution is 2.49. The molecule has 0 aliphatic heterocycles. The third kappa shape index (κ3) is 30.7. The topological polar surface area (TPSA) is 294 Å². The van der Waals surface area contributed by atoms with Gasteiger partial charge in [-0.2, -0.15) is 13.2 Å². The molecule has 0 saturated carbocycles. The Morgan fingerprint density at radius 3 is 0.622 bits per heavy atom. The second-order valence-electron chi connectivity index (χ2n) is 39.5. The van der Waals surface area contributed by atoms with Crippen LogP contribution in [0.5, 0.6) is 0 Å². The second-order valence-corrected chi connectivity index (χ2v) is 47.2. The van der Waals surface area contributed by atoms with Crippen molar-refractivity contribution in [2.24, 2.45) is 0 Å². The molecule has 1 unspecified atom stereocenters. The molecule has 0 heterocycles. The van der Waals surface area contributed by atoms with E-state index >= 15 is 0 Å². The van der Waals surface area contributed by atoms with E-state index in [9.17, 15) is 87.1 Å². The van der Waals surface area contributed by atoms with Crippen LogP contribution in [0, 0.1) is 0 Å². The van der Waals surface area contributed by atoms with Crippen molar-refractivity contribution >= 4 is 65.7 Å². The van der Waals surface area contributed by atoms with Crippen molar-refractivity contribution in [3.05, 3.63) is 369 Å². The van der Waals surface area contributed by atoms with Gasteiger partial charge >= 0.3 is 6.18 Å². The summed E-state index contributed by atoms with van der Waals surface area (Å²) in [6, 6.07) is 87.3. The van der Waals surface area contributed by atoms with E-state index in [-0.39, 0.29) is 25.7 Å². The Balaban J connectivity index is 0.000000221. The highest BCUT2D eigenvalue weighted by Gasteiger charge is 2.52. The van der Waals surface area contributed by atoms with E-state index < -0.39 is 94.0 Å². The maximum atomic E-state index is 13.2. The van der Waals surface area contributed by atoms with Crippen LogP contribution in [-0.2, 0) is 93.3 Å². The molecule has 12 aromatic carbocycles. The quantitative estimate of drug-likeness (QED) is 0.0237. The van der Waals surface area contributed by atoms with Gasteiger partial charge in [-0.15, -0.1) is 0 Å². The zero-order valence-electron chi connectivity index (χ0n) is 81.9. The zero-order chi connectivity index (χ0) is 102. The van der Waals surface area contributed by atoms with Crippen LogP contribution in [0.15, 0.2) is 340 Å². The molecule has 0 aromatic heterocycles. The zero-order valence-corrected chi connectivity index (χ0v) is 86.8. The molecule has 0 aliphatic rings. The Morgan fingerprint density at radius 1 is 0.215 bits per heavy atom. The Labute approximate surface area is 816 Å². The van der Waals surface area contributed by atoms with Gasteiger partial charge in [0.15, 0.2) is 5.60 Å². The predicted molar refractivity (Wildman–Crippen MR) is 543 cm³/mol. The molecular weight excluding hydrogens is 1820 g/mol. The number of hydrogen-bond acceptors (Lipinski definition) is 19. The lowest BCUT2D eigenvalue weighted by Gasteiger charge is -2.35. The van der Waals surface area contributed by atoms with Crippen molar-refractivity contribution in [3.63, 3.8) is 0 Å². The number of halogens is 3. The number of benzene rings is 12. The second kappa shape index (κ2) is 44.7. The Morgan fingerprint density at radius 2 is 0.385 bits per heavy atom. The highest BCUT2D eigenvalue weighted by atomic mass is 33.1. The third-order valence-electron chi connectivity index (χ3n) is 22.0. The van der Waals surface area contributed by atoms with Gasteiger partial charge in [0.1, 0.15) is 0 Å². The molecule has 0 aliphatic carbocycles. The monoisotopic (exact) mass is 1960 g/mol. The first-order valence-electron chi connectivity index (χ1n) is 44.1. The van der Waals surface area contributed by atoms with E-state index in [0.29, 0.717) is 42.5 Å². The van der Waals surface area contributed by atoms with E-state index in [1.54, 1.807) is 261 Å². The molecule has 0 bridgehead atoms.